The maximum absolute atomic E-state index is 12.5. The summed E-state index contributed by atoms with van der Waals surface area (Å²) >= 11 is 0. The Labute approximate surface area is 131 Å². The molecule has 1 aliphatic heterocycles. The topological polar surface area (TPSA) is 24.5 Å². The van der Waals surface area contributed by atoms with Crippen LogP contribution < -0.4 is 10.1 Å². The van der Waals surface area contributed by atoms with E-state index in [1.807, 2.05) is 12.1 Å². The van der Waals surface area contributed by atoms with Gasteiger partial charge in [0.15, 0.2) is 0 Å². The van der Waals surface area contributed by atoms with Gasteiger partial charge in [-0.05, 0) is 12.5 Å². The van der Waals surface area contributed by atoms with Crippen molar-refractivity contribution in [1.82, 2.24) is 10.2 Å². The molecule has 6 heteroatoms. The van der Waals surface area contributed by atoms with Crippen molar-refractivity contribution in [2.75, 3.05) is 26.2 Å². The number of para-hydroxylation sites is 1. The van der Waals surface area contributed by atoms with Crippen LogP contribution >= 0.6 is 12.4 Å². The van der Waals surface area contributed by atoms with Crippen LogP contribution in [0.2, 0.25) is 0 Å². The zero-order chi connectivity index (χ0) is 14.4. The monoisotopic (exact) mass is 320 g/mol. The van der Waals surface area contributed by atoms with Crippen molar-refractivity contribution in [3.63, 3.8) is 0 Å². The molecule has 3 nitrogen and oxygen atoms in total. The molecule has 120 valence electrons. The fraction of sp³-hybridized carbons (Fsp3) is 0.600. The summed E-state index contributed by atoms with van der Waals surface area (Å²) in [6.45, 7) is 3.10. The predicted octanol–water partition coefficient (Wildman–Crippen LogP) is 3.46. The molecule has 0 bridgehead atoms. The fourth-order valence-electron chi connectivity index (χ4n) is 2.76. The fourth-order valence-corrected chi connectivity index (χ4v) is 2.76. The smallest absolute Gasteiger partial charge is 0.387 e. The van der Waals surface area contributed by atoms with Gasteiger partial charge in [0.2, 0.25) is 0 Å². The summed E-state index contributed by atoms with van der Waals surface area (Å²) in [5.41, 5.74) is 0.872. The second-order valence-corrected chi connectivity index (χ2v) is 5.01. The molecule has 1 aliphatic rings. The van der Waals surface area contributed by atoms with Crippen molar-refractivity contribution in [1.29, 1.82) is 0 Å². The molecule has 2 rings (SSSR count). The Morgan fingerprint density at radius 2 is 1.90 bits per heavy atom. The largest absolute Gasteiger partial charge is 0.434 e. The standard InChI is InChI=1S/C15H22F2N2O.ClH/c1-2-5-13(19-10-8-18-9-11-19)12-6-3-4-7-14(12)20-15(16)17;/h3-4,6-7,13,15,18H,2,5,8-11H2,1H3;1H/t13-;/m1./s1. The molecule has 1 aromatic carbocycles. The van der Waals surface area contributed by atoms with Gasteiger partial charge in [-0.2, -0.15) is 8.78 Å². The number of hydrogen-bond donors (Lipinski definition) is 1. The quantitative estimate of drug-likeness (QED) is 0.869. The molecule has 0 saturated carbocycles. The van der Waals surface area contributed by atoms with Gasteiger partial charge in [0.1, 0.15) is 5.75 Å². The zero-order valence-corrected chi connectivity index (χ0v) is 13.0. The minimum Gasteiger partial charge on any atom is -0.434 e. The van der Waals surface area contributed by atoms with Gasteiger partial charge in [0.25, 0.3) is 0 Å². The van der Waals surface area contributed by atoms with Gasteiger partial charge < -0.3 is 10.1 Å². The molecule has 21 heavy (non-hydrogen) atoms. The first-order valence-electron chi connectivity index (χ1n) is 7.21. The molecule has 0 spiro atoms. The average Bonchev–Trinajstić information content (AvgIpc) is 2.46. The van der Waals surface area contributed by atoms with E-state index in [2.05, 4.69) is 21.9 Å². The Balaban J connectivity index is 0.00000220. The minimum absolute atomic E-state index is 0. The van der Waals surface area contributed by atoms with Crippen molar-refractivity contribution in [2.24, 2.45) is 0 Å². The molecule has 0 aliphatic carbocycles. The lowest BCUT2D eigenvalue weighted by molar-refractivity contribution is -0.0513. The maximum Gasteiger partial charge on any atom is 0.387 e. The van der Waals surface area contributed by atoms with Crippen molar-refractivity contribution in [2.45, 2.75) is 32.4 Å². The van der Waals surface area contributed by atoms with Crippen LogP contribution in [0.4, 0.5) is 8.78 Å². The molecular weight excluding hydrogens is 298 g/mol. The number of nitrogens with one attached hydrogen (secondary N) is 1. The average molecular weight is 321 g/mol. The molecule has 0 radical (unpaired) electrons. The van der Waals surface area contributed by atoms with Gasteiger partial charge in [-0.1, -0.05) is 31.5 Å². The highest BCUT2D eigenvalue weighted by molar-refractivity contribution is 5.85. The van der Waals surface area contributed by atoms with Gasteiger partial charge in [0, 0.05) is 37.8 Å². The molecule has 1 atom stereocenters. The van der Waals surface area contributed by atoms with E-state index in [1.165, 1.54) is 0 Å². The second kappa shape index (κ2) is 9.18. The summed E-state index contributed by atoms with van der Waals surface area (Å²) in [6, 6.07) is 7.31. The molecule has 1 aromatic rings. The SMILES string of the molecule is CCC[C@H](c1ccccc1OC(F)F)N1CCNCC1.Cl. The molecule has 1 heterocycles. The molecular formula is C15H23ClF2N2O. The highest BCUT2D eigenvalue weighted by Crippen LogP contribution is 2.33. The first-order chi connectivity index (χ1) is 9.72. The van der Waals surface area contributed by atoms with Crippen molar-refractivity contribution in [3.05, 3.63) is 29.8 Å². The maximum atomic E-state index is 12.5. The molecule has 0 unspecified atom stereocenters. The number of nitrogens with zero attached hydrogens (tertiary/aromatic N) is 1. The zero-order valence-electron chi connectivity index (χ0n) is 12.2. The van der Waals surface area contributed by atoms with E-state index in [1.54, 1.807) is 12.1 Å². The van der Waals surface area contributed by atoms with Crippen molar-refractivity contribution >= 4 is 12.4 Å². The third-order valence-electron chi connectivity index (χ3n) is 3.65. The van der Waals surface area contributed by atoms with Gasteiger partial charge in [-0.3, -0.25) is 4.90 Å². The first kappa shape index (κ1) is 18.1. The molecule has 1 N–H and O–H groups in total. The minimum atomic E-state index is -2.78. The number of piperazine rings is 1. The van der Waals surface area contributed by atoms with Gasteiger partial charge in [-0.15, -0.1) is 12.4 Å². The van der Waals surface area contributed by atoms with Crippen LogP contribution in [0, 0.1) is 0 Å². The van der Waals surface area contributed by atoms with Gasteiger partial charge in [0.05, 0.1) is 0 Å². The van der Waals surface area contributed by atoms with Crippen LogP contribution in [0.5, 0.6) is 5.75 Å². The Kier molecular flexibility index (Phi) is 7.93. The van der Waals surface area contributed by atoms with Crippen LogP contribution in [0.3, 0.4) is 0 Å². The van der Waals surface area contributed by atoms with Crippen LogP contribution in [0.15, 0.2) is 24.3 Å². The third kappa shape index (κ3) is 5.09. The van der Waals surface area contributed by atoms with E-state index >= 15 is 0 Å². The Morgan fingerprint density at radius 1 is 1.24 bits per heavy atom. The van der Waals surface area contributed by atoms with Crippen molar-refractivity contribution < 1.29 is 13.5 Å². The number of hydrogen-bond acceptors (Lipinski definition) is 3. The number of ether oxygens (including phenoxy) is 1. The van der Waals surface area contributed by atoms with E-state index in [0.29, 0.717) is 5.75 Å². The Hall–Kier alpha value is -0.910. The van der Waals surface area contributed by atoms with E-state index in [-0.39, 0.29) is 18.4 Å². The summed E-state index contributed by atoms with van der Waals surface area (Å²) in [6.07, 6.45) is 1.96. The van der Waals surface area contributed by atoms with E-state index in [9.17, 15) is 8.78 Å². The van der Waals surface area contributed by atoms with Crippen molar-refractivity contribution in [3.8, 4) is 5.75 Å². The summed E-state index contributed by atoms with van der Waals surface area (Å²) in [5, 5.41) is 3.32. The van der Waals surface area contributed by atoms with Crippen LogP contribution in [0.1, 0.15) is 31.4 Å². The summed E-state index contributed by atoms with van der Waals surface area (Å²) < 4.78 is 29.8. The molecule has 1 saturated heterocycles. The van der Waals surface area contributed by atoms with E-state index in [0.717, 1.165) is 44.6 Å². The van der Waals surface area contributed by atoms with Crippen LogP contribution in [-0.2, 0) is 0 Å². The highest BCUT2D eigenvalue weighted by Gasteiger charge is 2.24. The van der Waals surface area contributed by atoms with Crippen LogP contribution in [0.25, 0.3) is 0 Å². The lowest BCUT2D eigenvalue weighted by atomic mass is 9.99. The molecule has 0 amide bonds. The Morgan fingerprint density at radius 3 is 2.52 bits per heavy atom. The summed E-state index contributed by atoms with van der Waals surface area (Å²) in [4.78, 5) is 2.35. The number of alkyl halides is 2. The lowest BCUT2D eigenvalue weighted by Gasteiger charge is -2.35. The summed E-state index contributed by atoms with van der Waals surface area (Å²) in [5.74, 6) is 0.305. The van der Waals surface area contributed by atoms with Crippen LogP contribution in [-0.4, -0.2) is 37.7 Å². The third-order valence-corrected chi connectivity index (χ3v) is 3.65. The number of halogens is 3. The summed E-state index contributed by atoms with van der Waals surface area (Å²) in [7, 11) is 0. The number of rotatable bonds is 6. The van der Waals surface area contributed by atoms with Gasteiger partial charge >= 0.3 is 6.61 Å². The van der Waals surface area contributed by atoms with E-state index in [4.69, 9.17) is 0 Å². The number of benzene rings is 1. The predicted molar refractivity (Wildman–Crippen MR) is 82.4 cm³/mol. The normalized spacial score (nSPS) is 17.3. The van der Waals surface area contributed by atoms with Gasteiger partial charge in [-0.25, -0.2) is 0 Å². The molecule has 0 aromatic heterocycles. The highest BCUT2D eigenvalue weighted by atomic mass is 35.5. The first-order valence-corrected chi connectivity index (χ1v) is 7.21. The molecule has 1 fully saturated rings. The second-order valence-electron chi connectivity index (χ2n) is 5.01. The van der Waals surface area contributed by atoms with E-state index < -0.39 is 6.61 Å². The lowest BCUT2D eigenvalue weighted by Crippen LogP contribution is -2.45. The Bertz CT molecular complexity index is 414.